The van der Waals surface area contributed by atoms with Gasteiger partial charge in [0.05, 0.1) is 6.04 Å². The van der Waals surface area contributed by atoms with E-state index in [1.54, 1.807) is 0 Å². The predicted molar refractivity (Wildman–Crippen MR) is 75.9 cm³/mol. The van der Waals surface area contributed by atoms with E-state index in [0.29, 0.717) is 11.8 Å². The molecule has 0 radical (unpaired) electrons. The quantitative estimate of drug-likeness (QED) is 0.894. The zero-order chi connectivity index (χ0) is 13.8. The fraction of sp³-hybridized carbons (Fsp3) is 0.467. The predicted octanol–water partition coefficient (Wildman–Crippen LogP) is 3.41. The summed E-state index contributed by atoms with van der Waals surface area (Å²) in [4.78, 5) is 0. The van der Waals surface area contributed by atoms with Gasteiger partial charge in [-0.3, -0.25) is 0 Å². The third kappa shape index (κ3) is 2.84. The maximum Gasteiger partial charge on any atom is 0.248 e. The Kier molecular flexibility index (Phi) is 4.32. The van der Waals surface area contributed by atoms with E-state index in [2.05, 4.69) is 55.3 Å². The van der Waals surface area contributed by atoms with Crippen molar-refractivity contribution in [1.82, 2.24) is 15.5 Å². The Morgan fingerprint density at radius 3 is 2.42 bits per heavy atom. The van der Waals surface area contributed by atoms with Crippen molar-refractivity contribution in [1.29, 1.82) is 0 Å². The van der Waals surface area contributed by atoms with Gasteiger partial charge < -0.3 is 9.73 Å². The highest BCUT2D eigenvalue weighted by Crippen LogP contribution is 2.27. The molecule has 1 N–H and O–H groups in total. The van der Waals surface area contributed by atoms with Crippen LogP contribution in [0.3, 0.4) is 0 Å². The van der Waals surface area contributed by atoms with Gasteiger partial charge in [0, 0.05) is 5.56 Å². The third-order valence-corrected chi connectivity index (χ3v) is 3.29. The molecular weight excluding hydrogens is 238 g/mol. The second kappa shape index (κ2) is 5.97. The Bertz CT molecular complexity index is 528. The lowest BCUT2D eigenvalue weighted by Crippen LogP contribution is -2.20. The molecule has 1 aromatic carbocycles. The van der Waals surface area contributed by atoms with Gasteiger partial charge in [0.2, 0.25) is 11.8 Å². The van der Waals surface area contributed by atoms with Crippen LogP contribution in [0.15, 0.2) is 22.6 Å². The van der Waals surface area contributed by atoms with Crippen LogP contribution in [0.2, 0.25) is 0 Å². The van der Waals surface area contributed by atoms with Crippen molar-refractivity contribution < 1.29 is 4.42 Å². The number of nitrogens with zero attached hydrogens (tertiary/aromatic N) is 2. The molecule has 19 heavy (non-hydrogen) atoms. The summed E-state index contributed by atoms with van der Waals surface area (Å²) < 4.78 is 5.85. The number of benzene rings is 1. The molecule has 2 rings (SSSR count). The molecule has 102 valence electrons. The van der Waals surface area contributed by atoms with Crippen LogP contribution in [0.25, 0.3) is 11.5 Å². The van der Waals surface area contributed by atoms with Crippen LogP contribution in [0, 0.1) is 13.8 Å². The van der Waals surface area contributed by atoms with Crippen LogP contribution < -0.4 is 5.32 Å². The van der Waals surface area contributed by atoms with E-state index in [1.807, 2.05) is 6.07 Å². The van der Waals surface area contributed by atoms with E-state index in [-0.39, 0.29) is 6.04 Å². The fourth-order valence-corrected chi connectivity index (χ4v) is 2.28. The van der Waals surface area contributed by atoms with Crippen molar-refractivity contribution in [2.45, 2.75) is 40.2 Å². The molecule has 0 fully saturated rings. The Hall–Kier alpha value is -1.68. The first-order valence-corrected chi connectivity index (χ1v) is 6.80. The van der Waals surface area contributed by atoms with Gasteiger partial charge in [0.25, 0.3) is 0 Å². The topological polar surface area (TPSA) is 51.0 Å². The molecule has 0 saturated heterocycles. The molecule has 1 atom stereocenters. The Labute approximate surface area is 114 Å². The number of rotatable bonds is 5. The van der Waals surface area contributed by atoms with Crippen molar-refractivity contribution in [3.63, 3.8) is 0 Å². The summed E-state index contributed by atoms with van der Waals surface area (Å²) in [5.74, 6) is 1.28. The molecular formula is C15H21N3O. The van der Waals surface area contributed by atoms with Gasteiger partial charge in [-0.05, 0) is 37.9 Å². The molecule has 4 nitrogen and oxygen atoms in total. The standard InChI is InChI=1S/C15H21N3O/c1-5-12(16-6-2)14-17-18-15(19-14)13-10(3)8-7-9-11(13)4/h7-9,12,16H,5-6H2,1-4H3. The van der Waals surface area contributed by atoms with Crippen LogP contribution >= 0.6 is 0 Å². The van der Waals surface area contributed by atoms with Gasteiger partial charge in [0.15, 0.2) is 0 Å². The molecule has 0 spiro atoms. The summed E-state index contributed by atoms with van der Waals surface area (Å²) in [7, 11) is 0. The van der Waals surface area contributed by atoms with Crippen molar-refractivity contribution in [3.8, 4) is 11.5 Å². The van der Waals surface area contributed by atoms with Crippen LogP contribution in [0.1, 0.15) is 43.3 Å². The highest BCUT2D eigenvalue weighted by molar-refractivity contribution is 5.62. The van der Waals surface area contributed by atoms with E-state index in [9.17, 15) is 0 Å². The van der Waals surface area contributed by atoms with Gasteiger partial charge in [-0.2, -0.15) is 0 Å². The summed E-state index contributed by atoms with van der Waals surface area (Å²) in [5, 5.41) is 11.7. The third-order valence-electron chi connectivity index (χ3n) is 3.29. The second-order valence-corrected chi connectivity index (χ2v) is 4.73. The molecule has 1 heterocycles. The zero-order valence-electron chi connectivity index (χ0n) is 12.0. The molecule has 2 aromatic rings. The molecule has 0 bridgehead atoms. The molecule has 1 unspecified atom stereocenters. The highest BCUT2D eigenvalue weighted by atomic mass is 16.4. The number of nitrogens with one attached hydrogen (secondary N) is 1. The minimum atomic E-state index is 0.135. The van der Waals surface area contributed by atoms with Crippen molar-refractivity contribution in [2.75, 3.05) is 6.54 Å². The van der Waals surface area contributed by atoms with Gasteiger partial charge in [-0.25, -0.2) is 0 Å². The summed E-state index contributed by atoms with van der Waals surface area (Å²) in [6.45, 7) is 9.20. The summed E-state index contributed by atoms with van der Waals surface area (Å²) in [6, 6.07) is 6.30. The maximum absolute atomic E-state index is 5.85. The number of hydrogen-bond acceptors (Lipinski definition) is 4. The summed E-state index contributed by atoms with van der Waals surface area (Å²) in [5.41, 5.74) is 3.37. The van der Waals surface area contributed by atoms with E-state index in [4.69, 9.17) is 4.42 Å². The Morgan fingerprint density at radius 1 is 1.16 bits per heavy atom. The smallest absolute Gasteiger partial charge is 0.248 e. The lowest BCUT2D eigenvalue weighted by molar-refractivity contribution is 0.402. The van der Waals surface area contributed by atoms with Crippen molar-refractivity contribution >= 4 is 0 Å². The van der Waals surface area contributed by atoms with Crippen LogP contribution in [-0.2, 0) is 0 Å². The lowest BCUT2D eigenvalue weighted by atomic mass is 10.0. The lowest BCUT2D eigenvalue weighted by Gasteiger charge is -2.10. The first kappa shape index (κ1) is 13.7. The van der Waals surface area contributed by atoms with E-state index < -0.39 is 0 Å². The Morgan fingerprint density at radius 2 is 1.84 bits per heavy atom. The van der Waals surface area contributed by atoms with E-state index >= 15 is 0 Å². The van der Waals surface area contributed by atoms with Gasteiger partial charge in [-0.15, -0.1) is 10.2 Å². The zero-order valence-corrected chi connectivity index (χ0v) is 12.0. The average Bonchev–Trinajstić information content (AvgIpc) is 2.85. The molecule has 0 amide bonds. The fourth-order valence-electron chi connectivity index (χ4n) is 2.28. The normalized spacial score (nSPS) is 12.6. The van der Waals surface area contributed by atoms with Gasteiger partial charge in [-0.1, -0.05) is 32.0 Å². The number of aromatic nitrogens is 2. The molecule has 1 aromatic heterocycles. The van der Waals surface area contributed by atoms with Crippen molar-refractivity contribution in [3.05, 3.63) is 35.2 Å². The van der Waals surface area contributed by atoms with Crippen LogP contribution in [0.5, 0.6) is 0 Å². The Balaban J connectivity index is 2.35. The SMILES string of the molecule is CCNC(CC)c1nnc(-c2c(C)cccc2C)o1. The average molecular weight is 259 g/mol. The molecule has 0 aliphatic rings. The first-order chi connectivity index (χ1) is 9.17. The molecule has 0 aliphatic carbocycles. The number of aryl methyl sites for hydroxylation is 2. The van der Waals surface area contributed by atoms with Gasteiger partial charge in [0.1, 0.15) is 0 Å². The minimum Gasteiger partial charge on any atom is -0.419 e. The van der Waals surface area contributed by atoms with E-state index in [1.165, 1.54) is 0 Å². The molecule has 0 aliphatic heterocycles. The summed E-state index contributed by atoms with van der Waals surface area (Å²) in [6.07, 6.45) is 0.933. The minimum absolute atomic E-state index is 0.135. The largest absolute Gasteiger partial charge is 0.419 e. The second-order valence-electron chi connectivity index (χ2n) is 4.73. The van der Waals surface area contributed by atoms with E-state index in [0.717, 1.165) is 29.7 Å². The highest BCUT2D eigenvalue weighted by Gasteiger charge is 2.18. The van der Waals surface area contributed by atoms with Crippen molar-refractivity contribution in [2.24, 2.45) is 0 Å². The first-order valence-electron chi connectivity index (χ1n) is 6.80. The monoisotopic (exact) mass is 259 g/mol. The summed E-state index contributed by atoms with van der Waals surface area (Å²) >= 11 is 0. The molecule has 4 heteroatoms. The number of hydrogen-bond donors (Lipinski definition) is 1. The van der Waals surface area contributed by atoms with Crippen LogP contribution in [-0.4, -0.2) is 16.7 Å². The van der Waals surface area contributed by atoms with Gasteiger partial charge >= 0.3 is 0 Å². The van der Waals surface area contributed by atoms with Crippen LogP contribution in [0.4, 0.5) is 0 Å². The molecule has 0 saturated carbocycles. The maximum atomic E-state index is 5.85.